The van der Waals surface area contributed by atoms with Crippen LogP contribution in [0, 0.1) is 11.3 Å². The maximum absolute atomic E-state index is 11.4. The van der Waals surface area contributed by atoms with Crippen molar-refractivity contribution in [2.75, 3.05) is 0 Å². The summed E-state index contributed by atoms with van der Waals surface area (Å²) in [4.78, 5) is 22.3. The molecule has 104 valence electrons. The number of nitrogens with two attached hydrogens (primary N) is 1. The zero-order chi connectivity index (χ0) is 15.4. The molecule has 5 heteroatoms. The Balaban J connectivity index is 2.37. The number of benzene rings is 1. The molecule has 0 bridgehead atoms. The van der Waals surface area contributed by atoms with Gasteiger partial charge in [0.25, 0.3) is 5.91 Å². The van der Waals surface area contributed by atoms with Crippen molar-refractivity contribution in [1.82, 2.24) is 0 Å². The van der Waals surface area contributed by atoms with Gasteiger partial charge >= 0.3 is 0 Å². The van der Waals surface area contributed by atoms with Crippen molar-refractivity contribution in [3.8, 4) is 17.4 Å². The minimum Gasteiger partial charge on any atom is -0.457 e. The molecule has 1 aromatic carbocycles. The van der Waals surface area contributed by atoms with Crippen LogP contribution in [0.25, 0.3) is 17.4 Å². The topological polar surface area (TPSA) is 97.1 Å². The molecule has 0 saturated carbocycles. The third-order valence-electron chi connectivity index (χ3n) is 2.85. The van der Waals surface area contributed by atoms with Gasteiger partial charge in [0, 0.05) is 17.2 Å². The zero-order valence-electron chi connectivity index (χ0n) is 11.3. The van der Waals surface area contributed by atoms with Crippen LogP contribution in [-0.4, -0.2) is 11.7 Å². The number of nitriles is 1. The van der Waals surface area contributed by atoms with Gasteiger partial charge in [-0.1, -0.05) is 18.2 Å². The summed E-state index contributed by atoms with van der Waals surface area (Å²) in [5.41, 5.74) is 6.19. The van der Waals surface area contributed by atoms with E-state index in [9.17, 15) is 9.59 Å². The Morgan fingerprint density at radius 2 is 2.05 bits per heavy atom. The lowest BCUT2D eigenvalue weighted by molar-refractivity contribution is -0.114. The number of amides is 1. The number of rotatable bonds is 4. The van der Waals surface area contributed by atoms with Gasteiger partial charge < -0.3 is 10.2 Å². The van der Waals surface area contributed by atoms with Crippen LogP contribution in [0.15, 0.2) is 46.4 Å². The first kappa shape index (κ1) is 14.3. The molecule has 0 radical (unpaired) electrons. The summed E-state index contributed by atoms with van der Waals surface area (Å²) in [6.45, 7) is 1.49. The minimum atomic E-state index is -0.811. The first-order chi connectivity index (χ1) is 10.0. The summed E-state index contributed by atoms with van der Waals surface area (Å²) in [6.07, 6.45) is 1.28. The van der Waals surface area contributed by atoms with Gasteiger partial charge in [-0.15, -0.1) is 0 Å². The molecular formula is C16H12N2O3. The van der Waals surface area contributed by atoms with Gasteiger partial charge in [0.15, 0.2) is 5.78 Å². The van der Waals surface area contributed by atoms with Crippen molar-refractivity contribution in [2.24, 2.45) is 5.73 Å². The number of furan rings is 1. The van der Waals surface area contributed by atoms with Crippen molar-refractivity contribution < 1.29 is 14.0 Å². The van der Waals surface area contributed by atoms with Crippen LogP contribution >= 0.6 is 0 Å². The number of carbonyl (C=O) groups excluding carboxylic acids is 2. The molecular weight excluding hydrogens is 268 g/mol. The maximum atomic E-state index is 11.4. The number of nitrogens with zero attached hydrogens (tertiary/aromatic N) is 1. The Morgan fingerprint density at radius 3 is 2.67 bits per heavy atom. The van der Waals surface area contributed by atoms with E-state index >= 15 is 0 Å². The van der Waals surface area contributed by atoms with Crippen LogP contribution in [0.1, 0.15) is 23.0 Å². The highest BCUT2D eigenvalue weighted by molar-refractivity contribution is 6.00. The molecule has 0 aliphatic heterocycles. The van der Waals surface area contributed by atoms with E-state index in [4.69, 9.17) is 15.4 Å². The normalized spacial score (nSPS) is 11.0. The van der Waals surface area contributed by atoms with E-state index in [-0.39, 0.29) is 11.4 Å². The van der Waals surface area contributed by atoms with Gasteiger partial charge in [0.1, 0.15) is 23.2 Å². The third-order valence-corrected chi connectivity index (χ3v) is 2.85. The minimum absolute atomic E-state index is 0.0379. The predicted octanol–water partition coefficient (Wildman–Crippen LogP) is 2.54. The number of primary amides is 1. The zero-order valence-corrected chi connectivity index (χ0v) is 11.3. The van der Waals surface area contributed by atoms with E-state index in [0.717, 1.165) is 5.56 Å². The van der Waals surface area contributed by atoms with Crippen LogP contribution in [0.4, 0.5) is 0 Å². The summed E-state index contributed by atoms with van der Waals surface area (Å²) in [7, 11) is 0. The molecule has 0 aliphatic rings. The fraction of sp³-hybridized carbons (Fsp3) is 0.0625. The van der Waals surface area contributed by atoms with Crippen molar-refractivity contribution in [1.29, 1.82) is 5.26 Å². The van der Waals surface area contributed by atoms with Crippen molar-refractivity contribution in [3.05, 3.63) is 53.3 Å². The second-order valence-electron chi connectivity index (χ2n) is 4.37. The summed E-state index contributed by atoms with van der Waals surface area (Å²) >= 11 is 0. The largest absolute Gasteiger partial charge is 0.457 e. The molecule has 2 N–H and O–H groups in total. The van der Waals surface area contributed by atoms with Gasteiger partial charge in [0.2, 0.25) is 0 Å². The fourth-order valence-electron chi connectivity index (χ4n) is 1.78. The molecule has 0 spiro atoms. The molecule has 2 aromatic rings. The predicted molar refractivity (Wildman–Crippen MR) is 76.9 cm³/mol. The highest BCUT2D eigenvalue weighted by Crippen LogP contribution is 2.24. The highest BCUT2D eigenvalue weighted by atomic mass is 16.3. The van der Waals surface area contributed by atoms with E-state index < -0.39 is 5.91 Å². The Bertz CT molecular complexity index is 779. The molecule has 5 nitrogen and oxygen atoms in total. The van der Waals surface area contributed by atoms with Crippen molar-refractivity contribution >= 4 is 17.8 Å². The van der Waals surface area contributed by atoms with Gasteiger partial charge in [0.05, 0.1) is 0 Å². The van der Waals surface area contributed by atoms with Crippen LogP contribution < -0.4 is 5.73 Å². The molecule has 21 heavy (non-hydrogen) atoms. The van der Waals surface area contributed by atoms with Gasteiger partial charge in [-0.25, -0.2) is 0 Å². The van der Waals surface area contributed by atoms with Gasteiger partial charge in [-0.3, -0.25) is 9.59 Å². The van der Waals surface area contributed by atoms with Crippen LogP contribution in [-0.2, 0) is 4.79 Å². The first-order valence-electron chi connectivity index (χ1n) is 6.14. The molecule has 0 atom stereocenters. The first-order valence-corrected chi connectivity index (χ1v) is 6.14. The lowest BCUT2D eigenvalue weighted by atomic mass is 10.1. The lowest BCUT2D eigenvalue weighted by Crippen LogP contribution is -2.12. The standard InChI is InChI=1S/C16H12N2O3/c1-10(19)11-3-2-4-12(7-11)15-6-5-14(21-15)8-13(9-17)16(18)20/h2-8H,1H3,(H2,18,20)/b13-8-. The molecule has 0 unspecified atom stereocenters. The van der Waals surface area contributed by atoms with Crippen LogP contribution in [0.2, 0.25) is 0 Å². The molecule has 0 saturated heterocycles. The molecule has 1 amide bonds. The van der Waals surface area contributed by atoms with Crippen molar-refractivity contribution in [3.63, 3.8) is 0 Å². The Hall–Kier alpha value is -3.13. The van der Waals surface area contributed by atoms with E-state index in [0.29, 0.717) is 17.1 Å². The second-order valence-corrected chi connectivity index (χ2v) is 4.37. The Morgan fingerprint density at radius 1 is 1.29 bits per heavy atom. The molecule has 0 aliphatic carbocycles. The third kappa shape index (κ3) is 3.25. The van der Waals surface area contributed by atoms with E-state index in [1.807, 2.05) is 0 Å². The number of ketones is 1. The summed E-state index contributed by atoms with van der Waals surface area (Å²) < 4.78 is 5.54. The van der Waals surface area contributed by atoms with Gasteiger partial charge in [-0.05, 0) is 25.1 Å². The smallest absolute Gasteiger partial charge is 0.259 e. The summed E-state index contributed by atoms with van der Waals surface area (Å²) in [5, 5.41) is 8.78. The van der Waals surface area contributed by atoms with E-state index in [1.165, 1.54) is 13.0 Å². The Kier molecular flexibility index (Phi) is 4.00. The fourth-order valence-corrected chi connectivity index (χ4v) is 1.78. The Labute approximate surface area is 121 Å². The summed E-state index contributed by atoms with van der Waals surface area (Å²) in [5.74, 6) is 0.0257. The molecule has 0 fully saturated rings. The number of hydrogen-bond donors (Lipinski definition) is 1. The molecule has 1 heterocycles. The SMILES string of the molecule is CC(=O)c1cccc(-c2ccc(/C=C(/C#N)C(N)=O)o2)c1. The van der Waals surface area contributed by atoms with Crippen LogP contribution in [0.5, 0.6) is 0 Å². The van der Waals surface area contributed by atoms with Crippen molar-refractivity contribution in [2.45, 2.75) is 6.92 Å². The summed E-state index contributed by atoms with van der Waals surface area (Å²) in [6, 6.07) is 12.0. The van der Waals surface area contributed by atoms with Crippen LogP contribution in [0.3, 0.4) is 0 Å². The number of carbonyl (C=O) groups is 2. The molecule has 2 rings (SSSR count). The van der Waals surface area contributed by atoms with E-state index in [1.54, 1.807) is 42.5 Å². The monoisotopic (exact) mass is 280 g/mol. The average molecular weight is 280 g/mol. The molecule has 1 aromatic heterocycles. The number of Topliss-reactive ketones (excluding diaryl/α,β-unsaturated/α-hetero) is 1. The van der Waals surface area contributed by atoms with Gasteiger partial charge in [-0.2, -0.15) is 5.26 Å². The second kappa shape index (κ2) is 5.88. The maximum Gasteiger partial charge on any atom is 0.259 e. The highest BCUT2D eigenvalue weighted by Gasteiger charge is 2.09. The average Bonchev–Trinajstić information content (AvgIpc) is 2.93. The lowest BCUT2D eigenvalue weighted by Gasteiger charge is -1.99. The number of hydrogen-bond acceptors (Lipinski definition) is 4. The van der Waals surface area contributed by atoms with E-state index in [2.05, 4.69) is 0 Å². The quantitative estimate of drug-likeness (QED) is 0.528.